The molecule has 0 aromatic carbocycles. The van der Waals surface area contributed by atoms with Gasteiger partial charge in [0.25, 0.3) is 0 Å². The normalized spacial score (nSPS) is 28.1. The van der Waals surface area contributed by atoms with Crippen LogP contribution in [0, 0.1) is 17.3 Å². The highest BCUT2D eigenvalue weighted by Crippen LogP contribution is 2.52. The Labute approximate surface area is 164 Å². The SMILES string of the molecule is CCNC(=NCCOCCC(C)C)NC1C2CCOC2C1(C)C.I. The Morgan fingerprint density at radius 2 is 2.08 bits per heavy atom. The van der Waals surface area contributed by atoms with Crippen LogP contribution >= 0.6 is 24.0 Å². The molecule has 0 spiro atoms. The van der Waals surface area contributed by atoms with Gasteiger partial charge in [-0.1, -0.05) is 27.7 Å². The zero-order valence-corrected chi connectivity index (χ0v) is 18.3. The van der Waals surface area contributed by atoms with Crippen LogP contribution in [0.15, 0.2) is 4.99 Å². The highest BCUT2D eigenvalue weighted by atomic mass is 127. The van der Waals surface area contributed by atoms with Crippen molar-refractivity contribution in [3.05, 3.63) is 0 Å². The molecule has 1 saturated carbocycles. The smallest absolute Gasteiger partial charge is 0.191 e. The molecule has 2 aliphatic rings. The molecule has 6 heteroatoms. The fourth-order valence-electron chi connectivity index (χ4n) is 3.73. The Hall–Kier alpha value is -0.0800. The van der Waals surface area contributed by atoms with Crippen LogP contribution in [0.2, 0.25) is 0 Å². The number of rotatable bonds is 8. The van der Waals surface area contributed by atoms with E-state index in [1.54, 1.807) is 0 Å². The summed E-state index contributed by atoms with van der Waals surface area (Å²) in [6.45, 7) is 15.1. The van der Waals surface area contributed by atoms with Crippen LogP contribution in [0.5, 0.6) is 0 Å². The van der Waals surface area contributed by atoms with Crippen molar-refractivity contribution in [1.29, 1.82) is 0 Å². The van der Waals surface area contributed by atoms with E-state index >= 15 is 0 Å². The van der Waals surface area contributed by atoms with Gasteiger partial charge in [-0.2, -0.15) is 0 Å². The van der Waals surface area contributed by atoms with E-state index in [0.717, 1.165) is 38.6 Å². The van der Waals surface area contributed by atoms with Gasteiger partial charge < -0.3 is 20.1 Å². The molecule has 1 heterocycles. The van der Waals surface area contributed by atoms with E-state index in [-0.39, 0.29) is 29.4 Å². The maximum Gasteiger partial charge on any atom is 0.191 e. The number of hydrogen-bond donors (Lipinski definition) is 2. The average molecular weight is 453 g/mol. The van der Waals surface area contributed by atoms with Crippen molar-refractivity contribution >= 4 is 29.9 Å². The summed E-state index contributed by atoms with van der Waals surface area (Å²) in [6.07, 6.45) is 2.67. The number of aliphatic imine (C=N–C) groups is 1. The first-order chi connectivity index (χ1) is 11.0. The number of ether oxygens (including phenoxy) is 2. The second-order valence-corrected chi connectivity index (χ2v) is 7.74. The minimum Gasteiger partial charge on any atom is -0.380 e. The van der Waals surface area contributed by atoms with E-state index in [1.165, 1.54) is 0 Å². The van der Waals surface area contributed by atoms with Crippen molar-refractivity contribution < 1.29 is 9.47 Å². The van der Waals surface area contributed by atoms with Gasteiger partial charge in [-0.25, -0.2) is 0 Å². The highest BCUT2D eigenvalue weighted by Gasteiger charge is 2.59. The van der Waals surface area contributed by atoms with E-state index in [4.69, 9.17) is 9.47 Å². The van der Waals surface area contributed by atoms with Gasteiger partial charge in [-0.3, -0.25) is 4.99 Å². The Balaban J connectivity index is 0.00000288. The van der Waals surface area contributed by atoms with Gasteiger partial charge in [0.05, 0.1) is 19.3 Å². The molecule has 142 valence electrons. The Morgan fingerprint density at radius 1 is 1.33 bits per heavy atom. The van der Waals surface area contributed by atoms with Crippen LogP contribution < -0.4 is 10.6 Å². The molecule has 2 N–H and O–H groups in total. The lowest BCUT2D eigenvalue weighted by Gasteiger charge is -2.54. The number of guanidine groups is 1. The van der Waals surface area contributed by atoms with Crippen molar-refractivity contribution in [2.75, 3.05) is 32.9 Å². The van der Waals surface area contributed by atoms with Gasteiger partial charge in [0, 0.05) is 37.1 Å². The van der Waals surface area contributed by atoms with Crippen LogP contribution in [-0.4, -0.2) is 51.0 Å². The lowest BCUT2D eigenvalue weighted by Crippen LogP contribution is -2.68. The summed E-state index contributed by atoms with van der Waals surface area (Å²) in [4.78, 5) is 4.66. The van der Waals surface area contributed by atoms with E-state index in [9.17, 15) is 0 Å². The van der Waals surface area contributed by atoms with E-state index in [0.29, 0.717) is 37.1 Å². The third kappa shape index (κ3) is 5.46. The second-order valence-electron chi connectivity index (χ2n) is 7.74. The van der Waals surface area contributed by atoms with E-state index < -0.39 is 0 Å². The topological polar surface area (TPSA) is 54.9 Å². The van der Waals surface area contributed by atoms with Crippen molar-refractivity contribution in [2.24, 2.45) is 22.2 Å². The molecule has 24 heavy (non-hydrogen) atoms. The van der Waals surface area contributed by atoms with Gasteiger partial charge >= 0.3 is 0 Å². The van der Waals surface area contributed by atoms with Crippen molar-refractivity contribution in [3.63, 3.8) is 0 Å². The number of fused-ring (bicyclic) bond motifs is 1. The van der Waals surface area contributed by atoms with Crippen LogP contribution in [0.3, 0.4) is 0 Å². The molecule has 0 radical (unpaired) electrons. The largest absolute Gasteiger partial charge is 0.380 e. The second kappa shape index (κ2) is 10.2. The maximum atomic E-state index is 5.86. The lowest BCUT2D eigenvalue weighted by atomic mass is 9.57. The minimum atomic E-state index is 0. The third-order valence-electron chi connectivity index (χ3n) is 5.08. The quantitative estimate of drug-likeness (QED) is 0.257. The molecule has 2 rings (SSSR count). The molecule has 3 atom stereocenters. The Kier molecular flexibility index (Phi) is 9.30. The van der Waals surface area contributed by atoms with Crippen molar-refractivity contribution in [1.82, 2.24) is 10.6 Å². The van der Waals surface area contributed by atoms with Crippen LogP contribution in [-0.2, 0) is 9.47 Å². The summed E-state index contributed by atoms with van der Waals surface area (Å²) in [5.41, 5.74) is 0.172. The van der Waals surface area contributed by atoms with Gasteiger partial charge in [0.2, 0.25) is 0 Å². The summed E-state index contributed by atoms with van der Waals surface area (Å²) in [5.74, 6) is 2.22. The van der Waals surface area contributed by atoms with Crippen LogP contribution in [0.1, 0.15) is 47.5 Å². The number of hydrogen-bond acceptors (Lipinski definition) is 3. The average Bonchev–Trinajstić information content (AvgIpc) is 2.94. The maximum absolute atomic E-state index is 5.86. The molecule has 1 aliphatic heterocycles. The fraction of sp³-hybridized carbons (Fsp3) is 0.944. The number of halogens is 1. The zero-order chi connectivity index (χ0) is 16.9. The predicted molar refractivity (Wildman–Crippen MR) is 110 cm³/mol. The Morgan fingerprint density at radius 3 is 2.75 bits per heavy atom. The molecule has 2 fully saturated rings. The summed E-state index contributed by atoms with van der Waals surface area (Å²) in [6, 6.07) is 0.439. The monoisotopic (exact) mass is 453 g/mol. The molecule has 1 saturated heterocycles. The fourth-order valence-corrected chi connectivity index (χ4v) is 3.73. The van der Waals surface area contributed by atoms with Crippen molar-refractivity contribution in [2.45, 2.75) is 59.6 Å². The lowest BCUT2D eigenvalue weighted by molar-refractivity contribution is -0.106. The summed E-state index contributed by atoms with van der Waals surface area (Å²) >= 11 is 0. The van der Waals surface area contributed by atoms with Gasteiger partial charge in [-0.05, 0) is 25.7 Å². The van der Waals surface area contributed by atoms with E-state index in [2.05, 4.69) is 50.2 Å². The summed E-state index contributed by atoms with van der Waals surface area (Å²) in [7, 11) is 0. The van der Waals surface area contributed by atoms with Crippen molar-refractivity contribution in [3.8, 4) is 0 Å². The Bertz CT molecular complexity index is 402. The molecule has 0 aromatic heterocycles. The van der Waals surface area contributed by atoms with Gasteiger partial charge in [0.1, 0.15) is 0 Å². The number of nitrogens with one attached hydrogen (secondary N) is 2. The minimum absolute atomic E-state index is 0. The third-order valence-corrected chi connectivity index (χ3v) is 5.08. The predicted octanol–water partition coefficient (Wildman–Crippen LogP) is 3.04. The summed E-state index contributed by atoms with van der Waals surface area (Å²) < 4.78 is 11.5. The van der Waals surface area contributed by atoms with Gasteiger partial charge in [0.15, 0.2) is 5.96 Å². The molecule has 5 nitrogen and oxygen atoms in total. The summed E-state index contributed by atoms with van der Waals surface area (Å²) in [5, 5.41) is 6.98. The zero-order valence-electron chi connectivity index (χ0n) is 15.9. The van der Waals surface area contributed by atoms with E-state index in [1.807, 2.05) is 0 Å². The molecule has 0 bridgehead atoms. The molecular weight excluding hydrogens is 417 g/mol. The van der Waals surface area contributed by atoms with Crippen LogP contribution in [0.4, 0.5) is 0 Å². The first-order valence-corrected chi connectivity index (χ1v) is 9.21. The van der Waals surface area contributed by atoms with Crippen LogP contribution in [0.25, 0.3) is 0 Å². The molecule has 0 aromatic rings. The first kappa shape index (κ1) is 22.0. The number of nitrogens with zero attached hydrogens (tertiary/aromatic N) is 1. The molecular formula is C18H36IN3O2. The first-order valence-electron chi connectivity index (χ1n) is 9.21. The highest BCUT2D eigenvalue weighted by molar-refractivity contribution is 14.0. The molecule has 3 unspecified atom stereocenters. The van der Waals surface area contributed by atoms with Gasteiger partial charge in [-0.15, -0.1) is 24.0 Å². The molecule has 1 aliphatic carbocycles. The standard InChI is InChI=1S/C18H35N3O2.HI/c1-6-19-17(20-9-12-22-10-7-13(2)3)21-15-14-8-11-23-16(14)18(15,4)5;/h13-16H,6-12H2,1-5H3,(H2,19,20,21);1H. The molecule has 0 amide bonds.